The zero-order chi connectivity index (χ0) is 11.2. The van der Waals surface area contributed by atoms with Crippen molar-refractivity contribution in [2.24, 2.45) is 0 Å². The third-order valence-electron chi connectivity index (χ3n) is 1.95. The van der Waals surface area contributed by atoms with Gasteiger partial charge in [-0.15, -0.1) is 0 Å². The highest BCUT2D eigenvalue weighted by Crippen LogP contribution is 2.05. The van der Waals surface area contributed by atoms with Crippen LogP contribution in [-0.4, -0.2) is 10.1 Å². The average Bonchev–Trinajstić information content (AvgIpc) is 2.75. The van der Waals surface area contributed by atoms with Crippen molar-refractivity contribution in [2.75, 3.05) is 0 Å². The van der Waals surface area contributed by atoms with E-state index in [1.54, 1.807) is 30.6 Å². The first-order valence-electron chi connectivity index (χ1n) is 4.79. The molecule has 2 heterocycles. The number of H-pyrrole nitrogens is 1. The van der Waals surface area contributed by atoms with Gasteiger partial charge >= 0.3 is 0 Å². The van der Waals surface area contributed by atoms with Gasteiger partial charge in [0.25, 0.3) is 5.56 Å². The highest BCUT2D eigenvalue weighted by Gasteiger charge is 1.98. The number of nitrogens with one attached hydrogen (secondary N) is 1. The molecular weight excluding hydrogens is 204 g/mol. The topological polar surface area (TPSA) is 58.9 Å². The van der Waals surface area contributed by atoms with E-state index >= 15 is 0 Å². The molecule has 0 fully saturated rings. The second kappa shape index (κ2) is 4.93. The first kappa shape index (κ1) is 10.2. The molecule has 4 nitrogen and oxygen atoms in total. The lowest BCUT2D eigenvalue weighted by atomic mass is 10.3. The van der Waals surface area contributed by atoms with Gasteiger partial charge in [-0.3, -0.25) is 9.78 Å². The fourth-order valence-electron chi connectivity index (χ4n) is 1.21. The lowest BCUT2D eigenvalue weighted by Crippen LogP contribution is -1.95. The number of benzene rings is 1. The highest BCUT2D eigenvalue weighted by molar-refractivity contribution is 5.75. The molecule has 1 aromatic carbocycles. The van der Waals surface area contributed by atoms with E-state index in [1.807, 2.05) is 24.3 Å². The van der Waals surface area contributed by atoms with Gasteiger partial charge in [0.2, 0.25) is 0 Å². The van der Waals surface area contributed by atoms with Crippen LogP contribution < -0.4 is 5.56 Å². The SMILES string of the molecule is O=c1[nH]oc2ccccc12.c1ccncc1. The summed E-state index contributed by atoms with van der Waals surface area (Å²) in [6, 6.07) is 12.8. The number of aromatic nitrogens is 2. The van der Waals surface area contributed by atoms with Crippen LogP contribution in [-0.2, 0) is 0 Å². The van der Waals surface area contributed by atoms with Crippen LogP contribution in [0.5, 0.6) is 0 Å². The molecule has 0 aliphatic rings. The average molecular weight is 214 g/mol. The molecule has 4 heteroatoms. The monoisotopic (exact) mass is 214 g/mol. The van der Waals surface area contributed by atoms with E-state index in [0.29, 0.717) is 11.0 Å². The van der Waals surface area contributed by atoms with Crippen LogP contribution in [0.2, 0.25) is 0 Å². The predicted octanol–water partition coefficient (Wildman–Crippen LogP) is 2.20. The zero-order valence-corrected chi connectivity index (χ0v) is 8.46. The minimum absolute atomic E-state index is 0.171. The Morgan fingerprint density at radius 1 is 1.00 bits per heavy atom. The summed E-state index contributed by atoms with van der Waals surface area (Å²) in [5.74, 6) is 0. The van der Waals surface area contributed by atoms with Crippen LogP contribution in [0.15, 0.2) is 64.2 Å². The van der Waals surface area contributed by atoms with Gasteiger partial charge in [-0.25, -0.2) is 0 Å². The molecular formula is C12H10N2O2. The summed E-state index contributed by atoms with van der Waals surface area (Å²) in [5.41, 5.74) is 0.433. The second-order valence-corrected chi connectivity index (χ2v) is 3.05. The molecule has 0 saturated heterocycles. The van der Waals surface area contributed by atoms with Gasteiger partial charge in [-0.05, 0) is 24.3 Å². The molecule has 3 rings (SSSR count). The summed E-state index contributed by atoms with van der Waals surface area (Å²) in [6.07, 6.45) is 3.50. The van der Waals surface area contributed by atoms with Crippen LogP contribution >= 0.6 is 0 Å². The van der Waals surface area contributed by atoms with E-state index in [-0.39, 0.29) is 5.56 Å². The minimum atomic E-state index is -0.171. The molecule has 0 radical (unpaired) electrons. The van der Waals surface area contributed by atoms with Gasteiger partial charge in [-0.1, -0.05) is 18.2 Å². The smallest absolute Gasteiger partial charge is 0.287 e. The lowest BCUT2D eigenvalue weighted by molar-refractivity contribution is 0.449. The molecule has 0 unspecified atom stereocenters. The van der Waals surface area contributed by atoms with Crippen molar-refractivity contribution in [3.63, 3.8) is 0 Å². The van der Waals surface area contributed by atoms with Gasteiger partial charge in [0, 0.05) is 12.4 Å². The molecule has 0 amide bonds. The first-order valence-corrected chi connectivity index (χ1v) is 4.79. The van der Waals surface area contributed by atoms with Crippen molar-refractivity contribution in [3.8, 4) is 0 Å². The summed E-state index contributed by atoms with van der Waals surface area (Å²) < 4.78 is 4.81. The maximum absolute atomic E-state index is 10.8. The Balaban J connectivity index is 0.000000138. The zero-order valence-electron chi connectivity index (χ0n) is 8.46. The Labute approximate surface area is 91.5 Å². The molecule has 80 valence electrons. The number of hydrogen-bond donors (Lipinski definition) is 1. The van der Waals surface area contributed by atoms with Crippen LogP contribution in [0.4, 0.5) is 0 Å². The van der Waals surface area contributed by atoms with Crippen LogP contribution in [0.25, 0.3) is 11.0 Å². The van der Waals surface area contributed by atoms with Crippen molar-refractivity contribution < 1.29 is 4.52 Å². The quantitative estimate of drug-likeness (QED) is 0.624. The Hall–Kier alpha value is -2.36. The molecule has 3 aromatic rings. The van der Waals surface area contributed by atoms with E-state index in [4.69, 9.17) is 4.52 Å². The van der Waals surface area contributed by atoms with Crippen molar-refractivity contribution in [1.82, 2.24) is 10.1 Å². The molecule has 16 heavy (non-hydrogen) atoms. The van der Waals surface area contributed by atoms with Crippen LogP contribution in [0, 0.1) is 0 Å². The Kier molecular flexibility index (Phi) is 3.13. The van der Waals surface area contributed by atoms with Crippen molar-refractivity contribution in [3.05, 3.63) is 65.2 Å². The molecule has 0 aliphatic heterocycles. The van der Waals surface area contributed by atoms with Gasteiger partial charge in [0.1, 0.15) is 0 Å². The summed E-state index contributed by atoms with van der Waals surface area (Å²) >= 11 is 0. The van der Waals surface area contributed by atoms with E-state index in [1.165, 1.54) is 0 Å². The van der Waals surface area contributed by atoms with E-state index < -0.39 is 0 Å². The fraction of sp³-hybridized carbons (Fsp3) is 0. The number of fused-ring (bicyclic) bond motifs is 1. The second-order valence-electron chi connectivity index (χ2n) is 3.05. The molecule has 1 N–H and O–H groups in total. The summed E-state index contributed by atoms with van der Waals surface area (Å²) in [5, 5.41) is 2.85. The van der Waals surface area contributed by atoms with Crippen molar-refractivity contribution in [1.29, 1.82) is 0 Å². The number of rotatable bonds is 0. The maximum Gasteiger partial charge on any atom is 0.287 e. The molecule has 0 bridgehead atoms. The molecule has 2 aromatic heterocycles. The number of aromatic amines is 1. The third kappa shape index (κ3) is 2.36. The van der Waals surface area contributed by atoms with E-state index in [2.05, 4.69) is 10.1 Å². The fourth-order valence-corrected chi connectivity index (χ4v) is 1.21. The number of hydrogen-bond acceptors (Lipinski definition) is 3. The minimum Gasteiger partial charge on any atom is -0.378 e. The normalized spacial score (nSPS) is 9.50. The molecule has 0 atom stereocenters. The van der Waals surface area contributed by atoms with E-state index in [0.717, 1.165) is 0 Å². The third-order valence-corrected chi connectivity index (χ3v) is 1.95. The number of para-hydroxylation sites is 1. The summed E-state index contributed by atoms with van der Waals surface area (Å²) in [4.78, 5) is 14.6. The Morgan fingerprint density at radius 3 is 2.31 bits per heavy atom. The van der Waals surface area contributed by atoms with Crippen molar-refractivity contribution in [2.45, 2.75) is 0 Å². The van der Waals surface area contributed by atoms with E-state index in [9.17, 15) is 4.79 Å². The lowest BCUT2D eigenvalue weighted by Gasteiger charge is -1.78. The van der Waals surface area contributed by atoms with Gasteiger partial charge in [0.15, 0.2) is 5.58 Å². The highest BCUT2D eigenvalue weighted by atomic mass is 16.5. The molecule has 0 spiro atoms. The first-order chi connectivity index (χ1) is 7.88. The van der Waals surface area contributed by atoms with Gasteiger partial charge < -0.3 is 4.52 Å². The van der Waals surface area contributed by atoms with Crippen LogP contribution in [0.1, 0.15) is 0 Å². The Morgan fingerprint density at radius 2 is 1.75 bits per heavy atom. The van der Waals surface area contributed by atoms with Crippen LogP contribution in [0.3, 0.4) is 0 Å². The summed E-state index contributed by atoms with van der Waals surface area (Å²) in [7, 11) is 0. The predicted molar refractivity (Wildman–Crippen MR) is 61.1 cm³/mol. The molecule has 0 aliphatic carbocycles. The molecule has 0 saturated carbocycles. The number of pyridine rings is 1. The standard InChI is InChI=1S/C7H5NO2.C5H5N/c9-7-5-3-1-2-4-6(5)10-8-7;1-2-4-6-5-3-1/h1-4H,(H,8,9);1-5H. The number of nitrogens with zero attached hydrogens (tertiary/aromatic N) is 1. The summed E-state index contributed by atoms with van der Waals surface area (Å²) in [6.45, 7) is 0. The largest absolute Gasteiger partial charge is 0.378 e. The van der Waals surface area contributed by atoms with Crippen molar-refractivity contribution >= 4 is 11.0 Å². The Bertz CT molecular complexity index is 572. The van der Waals surface area contributed by atoms with Gasteiger partial charge in [-0.2, -0.15) is 5.16 Å². The maximum atomic E-state index is 10.8. The van der Waals surface area contributed by atoms with Gasteiger partial charge in [0.05, 0.1) is 5.39 Å².